The van der Waals surface area contributed by atoms with E-state index in [9.17, 15) is 5.26 Å². The molecule has 0 amide bonds. The predicted octanol–water partition coefficient (Wildman–Crippen LogP) is 5.76. The first-order chi connectivity index (χ1) is 14.2. The van der Waals surface area contributed by atoms with E-state index in [0.717, 1.165) is 16.8 Å². The molecule has 4 rings (SSSR count). The van der Waals surface area contributed by atoms with Crippen molar-refractivity contribution in [1.29, 1.82) is 5.26 Å². The molecule has 0 saturated carbocycles. The number of aromatic nitrogens is 1. The Hall–Kier alpha value is -3.68. The van der Waals surface area contributed by atoms with E-state index >= 15 is 0 Å². The lowest BCUT2D eigenvalue weighted by atomic mass is 10.1. The Morgan fingerprint density at radius 1 is 1.00 bits per heavy atom. The van der Waals surface area contributed by atoms with Gasteiger partial charge in [0, 0.05) is 28.4 Å². The van der Waals surface area contributed by atoms with Gasteiger partial charge in [-0.05, 0) is 37.3 Å². The molecule has 5 heteroatoms. The number of allylic oxidation sites excluding steroid dienone is 2. The Morgan fingerprint density at radius 2 is 1.83 bits per heavy atom. The van der Waals surface area contributed by atoms with Crippen molar-refractivity contribution in [2.24, 2.45) is 4.99 Å². The van der Waals surface area contributed by atoms with Gasteiger partial charge in [0.25, 0.3) is 0 Å². The molecule has 0 bridgehead atoms. The normalized spacial score (nSPS) is 14.9. The van der Waals surface area contributed by atoms with Crippen molar-refractivity contribution in [2.45, 2.75) is 6.92 Å². The monoisotopic (exact) mass is 396 g/mol. The van der Waals surface area contributed by atoms with Crippen LogP contribution in [0.4, 0.5) is 5.82 Å². The largest absolute Gasteiger partial charge is 0.278 e. The number of nitrogens with zero attached hydrogens (tertiary/aromatic N) is 4. The molecule has 0 N–H and O–H groups in total. The van der Waals surface area contributed by atoms with Gasteiger partial charge in [-0.1, -0.05) is 59.6 Å². The zero-order valence-corrected chi connectivity index (χ0v) is 16.5. The van der Waals surface area contributed by atoms with Gasteiger partial charge in [-0.2, -0.15) is 5.26 Å². The van der Waals surface area contributed by atoms with Crippen molar-refractivity contribution >= 4 is 29.0 Å². The average molecular weight is 397 g/mol. The van der Waals surface area contributed by atoms with Crippen molar-refractivity contribution in [2.75, 3.05) is 4.90 Å². The lowest BCUT2D eigenvalue weighted by Gasteiger charge is -2.30. The molecule has 29 heavy (non-hydrogen) atoms. The van der Waals surface area contributed by atoms with E-state index in [2.05, 4.69) is 11.1 Å². The third-order valence-corrected chi connectivity index (χ3v) is 4.74. The van der Waals surface area contributed by atoms with Crippen molar-refractivity contribution in [3.05, 3.63) is 112 Å². The molecular formula is C24H17ClN4. The molecule has 0 fully saturated rings. The van der Waals surface area contributed by atoms with Gasteiger partial charge in [-0.3, -0.25) is 4.90 Å². The summed E-state index contributed by atoms with van der Waals surface area (Å²) in [6.07, 6.45) is 5.12. The summed E-state index contributed by atoms with van der Waals surface area (Å²) >= 11 is 6.26. The van der Waals surface area contributed by atoms with Crippen LogP contribution in [0, 0.1) is 18.3 Å². The summed E-state index contributed by atoms with van der Waals surface area (Å²) in [5, 5.41) is 10.0. The first-order valence-electron chi connectivity index (χ1n) is 9.10. The van der Waals surface area contributed by atoms with Crippen LogP contribution >= 0.6 is 11.6 Å². The van der Waals surface area contributed by atoms with Gasteiger partial charge in [-0.25, -0.2) is 9.98 Å². The fourth-order valence-electron chi connectivity index (χ4n) is 3.12. The van der Waals surface area contributed by atoms with E-state index in [0.29, 0.717) is 22.4 Å². The number of rotatable bonds is 3. The number of amidine groups is 1. The molecule has 0 spiro atoms. The summed E-state index contributed by atoms with van der Waals surface area (Å²) in [5.74, 6) is 1.33. The summed E-state index contributed by atoms with van der Waals surface area (Å²) in [6.45, 7) is 2.05. The fraction of sp³-hybridized carbons (Fsp3) is 0.0417. The highest BCUT2D eigenvalue weighted by atomic mass is 35.5. The van der Waals surface area contributed by atoms with Crippen molar-refractivity contribution < 1.29 is 0 Å². The van der Waals surface area contributed by atoms with Crippen LogP contribution in [-0.2, 0) is 0 Å². The van der Waals surface area contributed by atoms with E-state index in [1.165, 1.54) is 11.6 Å². The predicted molar refractivity (Wildman–Crippen MR) is 118 cm³/mol. The number of pyridine rings is 1. The van der Waals surface area contributed by atoms with Crippen LogP contribution in [0.1, 0.15) is 16.7 Å². The zero-order valence-electron chi connectivity index (χ0n) is 15.7. The molecule has 2 heterocycles. The Balaban J connectivity index is 1.93. The molecule has 1 aliphatic rings. The van der Waals surface area contributed by atoms with E-state index in [4.69, 9.17) is 16.6 Å². The molecule has 0 aliphatic carbocycles. The SMILES string of the molecule is Cc1ccc(C2=C/C(=C\C#N)N(c3ccccn3)C(c3cccc(Cl)c3)=N2)cc1. The number of benzene rings is 2. The third-order valence-electron chi connectivity index (χ3n) is 4.50. The van der Waals surface area contributed by atoms with Crippen LogP contribution in [0.15, 0.2) is 95.8 Å². The van der Waals surface area contributed by atoms with E-state index in [1.807, 2.05) is 84.6 Å². The minimum Gasteiger partial charge on any atom is -0.278 e. The first-order valence-corrected chi connectivity index (χ1v) is 9.48. The number of hydrogen-bond acceptors (Lipinski definition) is 4. The van der Waals surface area contributed by atoms with Crippen molar-refractivity contribution in [3.8, 4) is 6.07 Å². The molecule has 0 atom stereocenters. The van der Waals surface area contributed by atoms with Crippen molar-refractivity contribution in [3.63, 3.8) is 0 Å². The van der Waals surface area contributed by atoms with Crippen LogP contribution in [0.25, 0.3) is 5.70 Å². The van der Waals surface area contributed by atoms with E-state index in [-0.39, 0.29) is 0 Å². The van der Waals surface area contributed by atoms with Gasteiger partial charge in [0.15, 0.2) is 0 Å². The zero-order chi connectivity index (χ0) is 20.2. The van der Waals surface area contributed by atoms with Gasteiger partial charge in [0.1, 0.15) is 11.7 Å². The van der Waals surface area contributed by atoms with Crippen LogP contribution in [0.5, 0.6) is 0 Å². The van der Waals surface area contributed by atoms with Crippen LogP contribution in [0.2, 0.25) is 5.02 Å². The Bertz CT molecular complexity index is 1170. The van der Waals surface area contributed by atoms with Gasteiger partial charge in [-0.15, -0.1) is 0 Å². The summed E-state index contributed by atoms with van der Waals surface area (Å²) in [5.41, 5.74) is 4.44. The number of aryl methyl sites for hydroxylation is 1. The minimum atomic E-state index is 0.614. The average Bonchev–Trinajstić information content (AvgIpc) is 2.74. The topological polar surface area (TPSA) is 52.3 Å². The molecule has 0 unspecified atom stereocenters. The lowest BCUT2D eigenvalue weighted by molar-refractivity contribution is 1.14. The lowest BCUT2D eigenvalue weighted by Crippen LogP contribution is -2.33. The Morgan fingerprint density at radius 3 is 2.52 bits per heavy atom. The van der Waals surface area contributed by atoms with Crippen LogP contribution < -0.4 is 4.90 Å². The highest BCUT2D eigenvalue weighted by molar-refractivity contribution is 6.31. The Labute approximate surface area is 174 Å². The molecule has 4 nitrogen and oxygen atoms in total. The third kappa shape index (κ3) is 3.96. The summed E-state index contributed by atoms with van der Waals surface area (Å²) in [4.78, 5) is 11.3. The number of halogens is 1. The standard InChI is InChI=1S/C24H17ClN4/c1-17-8-10-18(11-9-17)22-16-21(12-13-26)29(23-7-2-3-14-27-23)24(28-22)19-5-4-6-20(25)15-19/h2-12,14-16H,1H3/b21-12+. The second kappa shape index (κ2) is 8.14. The highest BCUT2D eigenvalue weighted by Crippen LogP contribution is 2.31. The molecule has 1 aliphatic heterocycles. The van der Waals surface area contributed by atoms with E-state index in [1.54, 1.807) is 6.20 Å². The fourth-order valence-corrected chi connectivity index (χ4v) is 3.31. The maximum absolute atomic E-state index is 9.41. The summed E-state index contributed by atoms with van der Waals surface area (Å²) in [6, 6.07) is 23.4. The van der Waals surface area contributed by atoms with Gasteiger partial charge >= 0.3 is 0 Å². The van der Waals surface area contributed by atoms with Crippen LogP contribution in [0.3, 0.4) is 0 Å². The highest BCUT2D eigenvalue weighted by Gasteiger charge is 2.25. The van der Waals surface area contributed by atoms with E-state index < -0.39 is 0 Å². The second-order valence-electron chi connectivity index (χ2n) is 6.56. The molecule has 140 valence electrons. The number of hydrogen-bond donors (Lipinski definition) is 0. The maximum atomic E-state index is 9.41. The van der Waals surface area contributed by atoms with Gasteiger partial charge in [0.05, 0.1) is 17.5 Å². The van der Waals surface area contributed by atoms with Gasteiger partial charge < -0.3 is 0 Å². The molecular weight excluding hydrogens is 380 g/mol. The smallest absolute Gasteiger partial charge is 0.146 e. The number of anilines is 1. The molecule has 2 aromatic carbocycles. The quantitative estimate of drug-likeness (QED) is 0.529. The van der Waals surface area contributed by atoms with Crippen molar-refractivity contribution in [1.82, 2.24) is 4.98 Å². The van der Waals surface area contributed by atoms with Gasteiger partial charge in [0.2, 0.25) is 0 Å². The number of aliphatic imine (C=N–C) groups is 1. The second-order valence-corrected chi connectivity index (χ2v) is 7.00. The Kier molecular flexibility index (Phi) is 5.24. The van der Waals surface area contributed by atoms with Crippen LogP contribution in [-0.4, -0.2) is 10.8 Å². The molecule has 3 aromatic rings. The molecule has 0 saturated heterocycles. The summed E-state index contributed by atoms with van der Waals surface area (Å²) < 4.78 is 0. The maximum Gasteiger partial charge on any atom is 0.146 e. The minimum absolute atomic E-state index is 0.614. The number of nitriles is 1. The molecule has 1 aromatic heterocycles. The molecule has 0 radical (unpaired) electrons. The summed E-state index contributed by atoms with van der Waals surface area (Å²) in [7, 11) is 0. The first kappa shape index (κ1) is 18.7.